The number of nitrogens with one attached hydrogen (secondary N) is 1. The Balaban J connectivity index is 2.11. The number of sulfone groups is 1. The molecule has 0 radical (unpaired) electrons. The molecule has 1 aromatic carbocycles. The van der Waals surface area contributed by atoms with Crippen LogP contribution in [0.2, 0.25) is 0 Å². The van der Waals surface area contributed by atoms with E-state index < -0.39 is 9.84 Å². The molecule has 3 N–H and O–H groups in total. The van der Waals surface area contributed by atoms with E-state index in [1.54, 1.807) is 6.08 Å². The molecule has 0 saturated carbocycles. The molecule has 86 valence electrons. The first-order chi connectivity index (χ1) is 7.46. The predicted octanol–water partition coefficient (Wildman–Crippen LogP) is 1.30. The van der Waals surface area contributed by atoms with Crippen LogP contribution in [0.15, 0.2) is 29.7 Å². The first-order valence-corrected chi connectivity index (χ1v) is 6.71. The summed E-state index contributed by atoms with van der Waals surface area (Å²) in [6, 6.07) is 5.42. The number of aryl methyl sites for hydroxylation is 1. The van der Waals surface area contributed by atoms with Crippen LogP contribution in [0.25, 0.3) is 0 Å². The maximum absolute atomic E-state index is 11.2. The summed E-state index contributed by atoms with van der Waals surface area (Å²) in [5.74, 6) is 0.121. The number of hydrogen-bond donors (Lipinski definition) is 2. The summed E-state index contributed by atoms with van der Waals surface area (Å²) < 4.78 is 22.4. The molecule has 0 amide bonds. The summed E-state index contributed by atoms with van der Waals surface area (Å²) >= 11 is 0. The Morgan fingerprint density at radius 1 is 1.44 bits per heavy atom. The number of hydrogen-bond acceptors (Lipinski definition) is 4. The number of nitrogens with two attached hydrogens (primary N) is 1. The summed E-state index contributed by atoms with van der Waals surface area (Å²) in [6.07, 6.45) is 1.67. The third-order valence-corrected chi connectivity index (χ3v) is 3.95. The van der Waals surface area contributed by atoms with Crippen LogP contribution in [0.1, 0.15) is 5.56 Å². The molecular weight excluding hydrogens is 224 g/mol. The van der Waals surface area contributed by atoms with Crippen molar-refractivity contribution in [1.29, 1.82) is 0 Å². The van der Waals surface area contributed by atoms with E-state index in [4.69, 9.17) is 5.73 Å². The lowest BCUT2D eigenvalue weighted by molar-refractivity contribution is 0.605. The molecule has 1 aliphatic heterocycles. The molecule has 1 heterocycles. The van der Waals surface area contributed by atoms with Gasteiger partial charge in [-0.1, -0.05) is 6.08 Å². The quantitative estimate of drug-likeness (QED) is 0.762. The summed E-state index contributed by atoms with van der Waals surface area (Å²) in [6.45, 7) is 1.92. The van der Waals surface area contributed by atoms with Gasteiger partial charge in [0, 0.05) is 16.8 Å². The fraction of sp³-hybridized carbons (Fsp3) is 0.273. The van der Waals surface area contributed by atoms with Crippen molar-refractivity contribution >= 4 is 21.2 Å². The van der Waals surface area contributed by atoms with E-state index in [2.05, 4.69) is 5.32 Å². The monoisotopic (exact) mass is 238 g/mol. The average Bonchev–Trinajstić information content (AvgIpc) is 2.52. The van der Waals surface area contributed by atoms with E-state index in [0.29, 0.717) is 0 Å². The Labute approximate surface area is 95.1 Å². The summed E-state index contributed by atoms with van der Waals surface area (Å²) in [4.78, 5) is 0. The third-order valence-electron chi connectivity index (χ3n) is 2.55. The van der Waals surface area contributed by atoms with Crippen LogP contribution in [-0.2, 0) is 9.84 Å². The highest BCUT2D eigenvalue weighted by atomic mass is 32.2. The number of benzene rings is 1. The van der Waals surface area contributed by atoms with E-state index in [-0.39, 0.29) is 11.8 Å². The SMILES string of the molecule is Cc1cc(NC2C=CS(=O)(=O)C2)ccc1N. The molecule has 2 rings (SSSR count). The minimum absolute atomic E-state index is 0.121. The van der Waals surface area contributed by atoms with E-state index in [0.717, 1.165) is 16.9 Å². The van der Waals surface area contributed by atoms with Crippen molar-refractivity contribution in [3.8, 4) is 0 Å². The zero-order valence-electron chi connectivity index (χ0n) is 8.97. The number of rotatable bonds is 2. The standard InChI is InChI=1S/C11H14N2O2S/c1-8-6-9(2-3-11(8)12)13-10-4-5-16(14,15)7-10/h2-6,10,13H,7,12H2,1H3. The highest BCUT2D eigenvalue weighted by molar-refractivity contribution is 7.94. The molecule has 0 aromatic heterocycles. The van der Waals surface area contributed by atoms with Gasteiger partial charge in [0.05, 0.1) is 11.8 Å². The minimum atomic E-state index is -3.00. The van der Waals surface area contributed by atoms with Crippen LogP contribution in [0.3, 0.4) is 0 Å². The topological polar surface area (TPSA) is 72.2 Å². The molecule has 0 spiro atoms. The molecule has 0 saturated heterocycles. The normalized spacial score (nSPS) is 22.2. The van der Waals surface area contributed by atoms with Gasteiger partial charge in [-0.15, -0.1) is 0 Å². The van der Waals surface area contributed by atoms with E-state index >= 15 is 0 Å². The first-order valence-electron chi connectivity index (χ1n) is 5.00. The van der Waals surface area contributed by atoms with E-state index in [9.17, 15) is 8.42 Å². The first kappa shape index (κ1) is 11.0. The summed E-state index contributed by atoms with van der Waals surface area (Å²) in [5, 5.41) is 4.40. The average molecular weight is 238 g/mol. The summed E-state index contributed by atoms with van der Waals surface area (Å²) in [5.41, 5.74) is 8.31. The van der Waals surface area contributed by atoms with Gasteiger partial charge in [0.2, 0.25) is 0 Å². The lowest BCUT2D eigenvalue weighted by Gasteiger charge is -2.12. The molecule has 5 heteroatoms. The van der Waals surface area contributed by atoms with Gasteiger partial charge < -0.3 is 11.1 Å². The van der Waals surface area contributed by atoms with Crippen molar-refractivity contribution in [2.75, 3.05) is 16.8 Å². The molecule has 1 atom stereocenters. The minimum Gasteiger partial charge on any atom is -0.399 e. The molecule has 1 unspecified atom stereocenters. The van der Waals surface area contributed by atoms with Crippen LogP contribution in [-0.4, -0.2) is 20.2 Å². The van der Waals surface area contributed by atoms with Gasteiger partial charge in [-0.05, 0) is 30.7 Å². The Kier molecular flexibility index (Phi) is 2.63. The fourth-order valence-electron chi connectivity index (χ4n) is 1.65. The Bertz CT molecular complexity index is 535. The molecule has 0 bridgehead atoms. The Hall–Kier alpha value is -1.49. The Morgan fingerprint density at radius 3 is 2.75 bits per heavy atom. The maximum Gasteiger partial charge on any atom is 0.173 e. The molecule has 1 aromatic rings. The van der Waals surface area contributed by atoms with Crippen molar-refractivity contribution in [2.24, 2.45) is 0 Å². The van der Waals surface area contributed by atoms with Crippen LogP contribution < -0.4 is 11.1 Å². The second-order valence-corrected chi connectivity index (χ2v) is 5.91. The van der Waals surface area contributed by atoms with Crippen molar-refractivity contribution in [2.45, 2.75) is 13.0 Å². The molecule has 1 aliphatic rings. The summed E-state index contributed by atoms with van der Waals surface area (Å²) in [7, 11) is -3.00. The van der Waals surface area contributed by atoms with Crippen molar-refractivity contribution < 1.29 is 8.42 Å². The smallest absolute Gasteiger partial charge is 0.173 e. The van der Waals surface area contributed by atoms with Gasteiger partial charge >= 0.3 is 0 Å². The van der Waals surface area contributed by atoms with Gasteiger partial charge in [0.1, 0.15) is 0 Å². The van der Waals surface area contributed by atoms with Gasteiger partial charge in [-0.2, -0.15) is 0 Å². The van der Waals surface area contributed by atoms with Crippen LogP contribution in [0.4, 0.5) is 11.4 Å². The lowest BCUT2D eigenvalue weighted by atomic mass is 10.1. The lowest BCUT2D eigenvalue weighted by Crippen LogP contribution is -2.20. The van der Waals surface area contributed by atoms with Crippen LogP contribution in [0.5, 0.6) is 0 Å². The molecular formula is C11H14N2O2S. The van der Waals surface area contributed by atoms with Crippen molar-refractivity contribution in [3.05, 3.63) is 35.2 Å². The molecule has 16 heavy (non-hydrogen) atoms. The second kappa shape index (κ2) is 3.83. The van der Waals surface area contributed by atoms with Crippen LogP contribution in [0, 0.1) is 6.92 Å². The van der Waals surface area contributed by atoms with Gasteiger partial charge in [0.15, 0.2) is 9.84 Å². The van der Waals surface area contributed by atoms with Gasteiger partial charge in [0.25, 0.3) is 0 Å². The zero-order valence-corrected chi connectivity index (χ0v) is 9.79. The number of anilines is 2. The second-order valence-electron chi connectivity index (χ2n) is 3.98. The zero-order chi connectivity index (χ0) is 11.8. The van der Waals surface area contributed by atoms with E-state index in [1.807, 2.05) is 25.1 Å². The highest BCUT2D eigenvalue weighted by Gasteiger charge is 2.21. The van der Waals surface area contributed by atoms with Gasteiger partial charge in [-0.3, -0.25) is 0 Å². The largest absolute Gasteiger partial charge is 0.399 e. The van der Waals surface area contributed by atoms with E-state index in [1.165, 1.54) is 5.41 Å². The Morgan fingerprint density at radius 2 is 2.19 bits per heavy atom. The van der Waals surface area contributed by atoms with Gasteiger partial charge in [-0.25, -0.2) is 8.42 Å². The predicted molar refractivity (Wildman–Crippen MR) is 65.9 cm³/mol. The molecule has 0 fully saturated rings. The molecule has 0 aliphatic carbocycles. The highest BCUT2D eigenvalue weighted by Crippen LogP contribution is 2.19. The fourth-order valence-corrected chi connectivity index (χ4v) is 2.88. The van der Waals surface area contributed by atoms with Crippen LogP contribution >= 0.6 is 0 Å². The van der Waals surface area contributed by atoms with Crippen molar-refractivity contribution in [3.63, 3.8) is 0 Å². The number of nitrogen functional groups attached to an aromatic ring is 1. The molecule has 4 nitrogen and oxygen atoms in total. The van der Waals surface area contributed by atoms with Crippen molar-refractivity contribution in [1.82, 2.24) is 0 Å². The third kappa shape index (κ3) is 2.36. The maximum atomic E-state index is 11.2.